The van der Waals surface area contributed by atoms with E-state index in [1.165, 1.54) is 11.3 Å². The van der Waals surface area contributed by atoms with Crippen LogP contribution in [0.1, 0.15) is 19.0 Å². The lowest BCUT2D eigenvalue weighted by molar-refractivity contribution is -0.143. The molecule has 0 bridgehead atoms. The number of aromatic nitrogens is 2. The molecule has 2 aromatic heterocycles. The van der Waals surface area contributed by atoms with Gasteiger partial charge in [0.2, 0.25) is 5.88 Å². The van der Waals surface area contributed by atoms with E-state index < -0.39 is 0 Å². The zero-order chi connectivity index (χ0) is 14.4. The predicted molar refractivity (Wildman–Crippen MR) is 76.9 cm³/mol. The monoisotopic (exact) mass is 292 g/mol. The third-order valence-electron chi connectivity index (χ3n) is 2.63. The van der Waals surface area contributed by atoms with Crippen LogP contribution in [0.2, 0.25) is 0 Å². The Balaban J connectivity index is 1.99. The van der Waals surface area contributed by atoms with Gasteiger partial charge in [0, 0.05) is 29.6 Å². The number of esters is 1. The standard InChI is InChI=1S/C14H16N2O3S/c1-3-19-13(17)7-5-11-9-20-14(16-11)10-4-6-12(18-2)15-8-10/h4,6,8-9H,3,5,7H2,1-2H3. The second-order valence-electron chi connectivity index (χ2n) is 4.04. The second-order valence-corrected chi connectivity index (χ2v) is 4.90. The number of aryl methyl sites for hydroxylation is 1. The van der Waals surface area contributed by atoms with Crippen LogP contribution in [-0.4, -0.2) is 29.7 Å². The molecule has 0 saturated carbocycles. The zero-order valence-corrected chi connectivity index (χ0v) is 12.3. The van der Waals surface area contributed by atoms with E-state index in [0.717, 1.165) is 16.3 Å². The van der Waals surface area contributed by atoms with Gasteiger partial charge < -0.3 is 9.47 Å². The number of rotatable bonds is 6. The van der Waals surface area contributed by atoms with E-state index >= 15 is 0 Å². The van der Waals surface area contributed by atoms with Crippen molar-refractivity contribution in [1.82, 2.24) is 9.97 Å². The minimum Gasteiger partial charge on any atom is -0.481 e. The minimum atomic E-state index is -0.187. The van der Waals surface area contributed by atoms with Crippen LogP contribution in [0.4, 0.5) is 0 Å². The molecule has 106 valence electrons. The molecule has 0 unspecified atom stereocenters. The largest absolute Gasteiger partial charge is 0.481 e. The van der Waals surface area contributed by atoms with Crippen molar-refractivity contribution in [3.8, 4) is 16.5 Å². The number of carbonyl (C=O) groups excluding carboxylic acids is 1. The Hall–Kier alpha value is -1.95. The Morgan fingerprint density at radius 1 is 1.40 bits per heavy atom. The van der Waals surface area contributed by atoms with Gasteiger partial charge in [0.15, 0.2) is 0 Å². The molecule has 0 aromatic carbocycles. The topological polar surface area (TPSA) is 61.3 Å². The van der Waals surface area contributed by atoms with Gasteiger partial charge in [-0.3, -0.25) is 4.79 Å². The molecular formula is C14H16N2O3S. The van der Waals surface area contributed by atoms with E-state index in [4.69, 9.17) is 9.47 Å². The first-order valence-electron chi connectivity index (χ1n) is 6.33. The summed E-state index contributed by atoms with van der Waals surface area (Å²) in [5.41, 5.74) is 1.84. The summed E-state index contributed by atoms with van der Waals surface area (Å²) in [6, 6.07) is 3.72. The van der Waals surface area contributed by atoms with E-state index in [0.29, 0.717) is 25.3 Å². The van der Waals surface area contributed by atoms with Gasteiger partial charge >= 0.3 is 5.97 Å². The van der Waals surface area contributed by atoms with Gasteiger partial charge in [-0.2, -0.15) is 0 Å². The highest BCUT2D eigenvalue weighted by atomic mass is 32.1. The maximum absolute atomic E-state index is 11.3. The smallest absolute Gasteiger partial charge is 0.306 e. The Kier molecular flexibility index (Phi) is 5.06. The summed E-state index contributed by atoms with van der Waals surface area (Å²) >= 11 is 1.54. The number of hydrogen-bond acceptors (Lipinski definition) is 6. The van der Waals surface area contributed by atoms with Gasteiger partial charge in [-0.05, 0) is 13.0 Å². The van der Waals surface area contributed by atoms with Gasteiger partial charge in [-0.25, -0.2) is 9.97 Å². The molecule has 0 spiro atoms. The summed E-state index contributed by atoms with van der Waals surface area (Å²) in [5, 5.41) is 2.85. The van der Waals surface area contributed by atoms with Crippen molar-refractivity contribution in [1.29, 1.82) is 0 Å². The van der Waals surface area contributed by atoms with Crippen LogP contribution in [-0.2, 0) is 16.0 Å². The highest BCUT2D eigenvalue weighted by molar-refractivity contribution is 7.13. The van der Waals surface area contributed by atoms with Crippen LogP contribution in [0.15, 0.2) is 23.7 Å². The average molecular weight is 292 g/mol. The molecule has 5 nitrogen and oxygen atoms in total. The lowest BCUT2D eigenvalue weighted by Crippen LogP contribution is -2.05. The van der Waals surface area contributed by atoms with E-state index in [1.807, 2.05) is 11.4 Å². The molecular weight excluding hydrogens is 276 g/mol. The molecule has 0 N–H and O–H groups in total. The van der Waals surface area contributed by atoms with Gasteiger partial charge in [-0.15, -0.1) is 11.3 Å². The van der Waals surface area contributed by atoms with Crippen molar-refractivity contribution in [2.45, 2.75) is 19.8 Å². The van der Waals surface area contributed by atoms with Crippen molar-refractivity contribution in [2.75, 3.05) is 13.7 Å². The maximum Gasteiger partial charge on any atom is 0.306 e. The average Bonchev–Trinajstić information content (AvgIpc) is 2.94. The number of thiazole rings is 1. The molecule has 0 radical (unpaired) electrons. The summed E-state index contributed by atoms with van der Waals surface area (Å²) in [6.45, 7) is 2.22. The molecule has 0 aliphatic carbocycles. The predicted octanol–water partition coefficient (Wildman–Crippen LogP) is 2.71. The van der Waals surface area contributed by atoms with Gasteiger partial charge in [0.05, 0.1) is 25.8 Å². The van der Waals surface area contributed by atoms with Gasteiger partial charge in [-0.1, -0.05) is 0 Å². The van der Waals surface area contributed by atoms with Crippen LogP contribution in [0.3, 0.4) is 0 Å². The number of nitrogens with zero attached hydrogens (tertiary/aromatic N) is 2. The van der Waals surface area contributed by atoms with Crippen molar-refractivity contribution in [3.63, 3.8) is 0 Å². The first-order valence-corrected chi connectivity index (χ1v) is 7.21. The molecule has 2 rings (SSSR count). The third kappa shape index (κ3) is 3.77. The number of hydrogen-bond donors (Lipinski definition) is 0. The minimum absolute atomic E-state index is 0.187. The fourth-order valence-electron chi connectivity index (χ4n) is 1.65. The second kappa shape index (κ2) is 7.00. The lowest BCUT2D eigenvalue weighted by atomic mass is 10.2. The summed E-state index contributed by atoms with van der Waals surface area (Å²) in [5.74, 6) is 0.390. The zero-order valence-electron chi connectivity index (χ0n) is 11.5. The molecule has 2 aromatic rings. The molecule has 0 aliphatic heterocycles. The number of ether oxygens (including phenoxy) is 2. The maximum atomic E-state index is 11.3. The fraction of sp³-hybridized carbons (Fsp3) is 0.357. The molecule has 0 aliphatic rings. The van der Waals surface area contributed by atoms with E-state index in [9.17, 15) is 4.79 Å². The van der Waals surface area contributed by atoms with Crippen LogP contribution < -0.4 is 4.74 Å². The van der Waals surface area contributed by atoms with Crippen molar-refractivity contribution in [3.05, 3.63) is 29.4 Å². The van der Waals surface area contributed by atoms with Crippen molar-refractivity contribution < 1.29 is 14.3 Å². The normalized spacial score (nSPS) is 10.3. The Morgan fingerprint density at radius 3 is 2.90 bits per heavy atom. The molecule has 2 heterocycles. The van der Waals surface area contributed by atoms with Gasteiger partial charge in [0.25, 0.3) is 0 Å². The number of carbonyl (C=O) groups is 1. The molecule has 0 amide bonds. The summed E-state index contributed by atoms with van der Waals surface area (Å²) in [4.78, 5) is 19.9. The first kappa shape index (κ1) is 14.5. The molecule has 20 heavy (non-hydrogen) atoms. The fourth-order valence-corrected chi connectivity index (χ4v) is 2.49. The molecule has 6 heteroatoms. The summed E-state index contributed by atoms with van der Waals surface area (Å²) in [6.07, 6.45) is 2.68. The Labute approximate surface area is 121 Å². The highest BCUT2D eigenvalue weighted by Gasteiger charge is 2.08. The quantitative estimate of drug-likeness (QED) is 0.766. The van der Waals surface area contributed by atoms with E-state index in [-0.39, 0.29) is 5.97 Å². The summed E-state index contributed by atoms with van der Waals surface area (Å²) < 4.78 is 9.91. The summed E-state index contributed by atoms with van der Waals surface area (Å²) in [7, 11) is 1.58. The first-order chi connectivity index (χ1) is 9.72. The van der Waals surface area contributed by atoms with Crippen molar-refractivity contribution >= 4 is 17.3 Å². The van der Waals surface area contributed by atoms with Crippen molar-refractivity contribution in [2.24, 2.45) is 0 Å². The van der Waals surface area contributed by atoms with Crippen LogP contribution in [0, 0.1) is 0 Å². The molecule has 0 saturated heterocycles. The number of pyridine rings is 1. The molecule has 0 atom stereocenters. The Morgan fingerprint density at radius 2 is 2.25 bits per heavy atom. The van der Waals surface area contributed by atoms with Crippen LogP contribution >= 0.6 is 11.3 Å². The third-order valence-corrected chi connectivity index (χ3v) is 3.57. The lowest BCUT2D eigenvalue weighted by Gasteiger charge is -2.00. The SMILES string of the molecule is CCOC(=O)CCc1csc(-c2ccc(OC)nc2)n1. The number of methoxy groups -OCH3 is 1. The highest BCUT2D eigenvalue weighted by Crippen LogP contribution is 2.24. The molecule has 0 fully saturated rings. The van der Waals surface area contributed by atoms with Gasteiger partial charge in [0.1, 0.15) is 5.01 Å². The van der Waals surface area contributed by atoms with Crippen LogP contribution in [0.5, 0.6) is 5.88 Å². The Bertz CT molecular complexity index is 566. The van der Waals surface area contributed by atoms with E-state index in [2.05, 4.69) is 9.97 Å². The van der Waals surface area contributed by atoms with Crippen LogP contribution in [0.25, 0.3) is 10.6 Å². The van der Waals surface area contributed by atoms with E-state index in [1.54, 1.807) is 26.3 Å².